The molecule has 2 saturated heterocycles. The van der Waals surface area contributed by atoms with Gasteiger partial charge < -0.3 is 5.11 Å². The van der Waals surface area contributed by atoms with Crippen LogP contribution in [0.25, 0.3) is 5.57 Å². The lowest BCUT2D eigenvalue weighted by Crippen LogP contribution is -2.45. The van der Waals surface area contributed by atoms with E-state index in [1.807, 2.05) is 30.3 Å². The highest BCUT2D eigenvalue weighted by molar-refractivity contribution is 7.93. The summed E-state index contributed by atoms with van der Waals surface area (Å²) in [6.07, 6.45) is 1.94. The van der Waals surface area contributed by atoms with Gasteiger partial charge in [0.1, 0.15) is 0 Å². The average molecular weight is 278 g/mol. The van der Waals surface area contributed by atoms with Crippen LogP contribution in [0.2, 0.25) is 0 Å². The molecule has 0 amide bonds. The number of rotatable bonds is 2. The number of fused-ring (bicyclic) bond motifs is 2. The number of hydrogen-bond acceptors (Lipinski definition) is 3. The smallest absolute Gasteiger partial charge is 0.156 e. The largest absolute Gasteiger partial charge is 0.385 e. The Labute approximate surface area is 113 Å². The van der Waals surface area contributed by atoms with Gasteiger partial charge in [0.05, 0.1) is 16.1 Å². The summed E-state index contributed by atoms with van der Waals surface area (Å²) in [5, 5.41) is 10.1. The van der Waals surface area contributed by atoms with Crippen LogP contribution in [0, 0.1) is 0 Å². The molecule has 3 rings (SSSR count). The van der Waals surface area contributed by atoms with Gasteiger partial charge in [0.15, 0.2) is 9.84 Å². The van der Waals surface area contributed by atoms with Crippen molar-refractivity contribution in [1.82, 2.24) is 0 Å². The van der Waals surface area contributed by atoms with Crippen LogP contribution < -0.4 is 0 Å². The highest BCUT2D eigenvalue weighted by Gasteiger charge is 2.53. The summed E-state index contributed by atoms with van der Waals surface area (Å²) >= 11 is 0. The highest BCUT2D eigenvalue weighted by atomic mass is 32.2. The van der Waals surface area contributed by atoms with Gasteiger partial charge in [-0.15, -0.1) is 0 Å². The van der Waals surface area contributed by atoms with Crippen molar-refractivity contribution < 1.29 is 13.5 Å². The van der Waals surface area contributed by atoms with Crippen LogP contribution in [0.3, 0.4) is 0 Å². The van der Waals surface area contributed by atoms with Gasteiger partial charge in [-0.25, -0.2) is 8.42 Å². The van der Waals surface area contributed by atoms with E-state index in [-0.39, 0.29) is 0 Å². The van der Waals surface area contributed by atoms with Crippen molar-refractivity contribution in [2.45, 2.75) is 41.8 Å². The van der Waals surface area contributed by atoms with Gasteiger partial charge in [0.2, 0.25) is 0 Å². The molecule has 0 saturated carbocycles. The van der Waals surface area contributed by atoms with Crippen molar-refractivity contribution >= 4 is 15.4 Å². The van der Waals surface area contributed by atoms with Gasteiger partial charge in [0, 0.05) is 0 Å². The van der Waals surface area contributed by atoms with E-state index in [1.165, 1.54) is 0 Å². The first kappa shape index (κ1) is 12.9. The van der Waals surface area contributed by atoms with Gasteiger partial charge in [-0.3, -0.25) is 0 Å². The first-order valence-corrected chi connectivity index (χ1v) is 8.24. The second-order valence-corrected chi connectivity index (χ2v) is 8.21. The SMILES string of the molecule is C=C(c1ccccc1)C1(O)CC2CCC(C1)S2(=O)=O. The van der Waals surface area contributed by atoms with Crippen LogP contribution in [-0.4, -0.2) is 29.6 Å². The van der Waals surface area contributed by atoms with Gasteiger partial charge >= 0.3 is 0 Å². The van der Waals surface area contributed by atoms with Crippen LogP contribution in [0.5, 0.6) is 0 Å². The molecule has 4 heteroatoms. The van der Waals surface area contributed by atoms with Crippen molar-refractivity contribution in [3.05, 3.63) is 42.5 Å². The van der Waals surface area contributed by atoms with E-state index in [4.69, 9.17) is 0 Å². The fourth-order valence-corrected chi connectivity index (χ4v) is 5.89. The van der Waals surface area contributed by atoms with E-state index in [0.29, 0.717) is 31.3 Å². The molecule has 1 aromatic carbocycles. The lowest BCUT2D eigenvalue weighted by Gasteiger charge is -2.37. The van der Waals surface area contributed by atoms with Gasteiger partial charge in [-0.1, -0.05) is 36.9 Å². The normalized spacial score (nSPS) is 36.1. The molecule has 1 aromatic rings. The summed E-state index contributed by atoms with van der Waals surface area (Å²) in [6.45, 7) is 4.02. The van der Waals surface area contributed by atoms with Crippen LogP contribution in [0.4, 0.5) is 0 Å². The Morgan fingerprint density at radius 2 is 1.68 bits per heavy atom. The minimum absolute atomic E-state index is 0.291. The number of sulfone groups is 1. The van der Waals surface area contributed by atoms with E-state index in [2.05, 4.69) is 6.58 Å². The summed E-state index contributed by atoms with van der Waals surface area (Å²) in [6, 6.07) is 9.53. The third-order valence-corrected chi connectivity index (χ3v) is 7.22. The minimum atomic E-state index is -3.02. The second kappa shape index (κ2) is 4.18. The first-order valence-electron chi connectivity index (χ1n) is 6.63. The average Bonchev–Trinajstić information content (AvgIpc) is 2.58. The Balaban J connectivity index is 1.93. The molecule has 102 valence electrons. The Kier molecular flexibility index (Phi) is 2.84. The van der Waals surface area contributed by atoms with Crippen LogP contribution in [0.15, 0.2) is 36.9 Å². The van der Waals surface area contributed by atoms with E-state index in [9.17, 15) is 13.5 Å². The van der Waals surface area contributed by atoms with E-state index in [1.54, 1.807) is 0 Å². The molecule has 2 bridgehead atoms. The Hall–Kier alpha value is -1.13. The summed E-state index contributed by atoms with van der Waals surface area (Å²) in [5.74, 6) is 0. The Bertz CT molecular complexity index is 584. The summed E-state index contributed by atoms with van der Waals surface area (Å²) in [7, 11) is -3.02. The molecule has 2 fully saturated rings. The predicted molar refractivity (Wildman–Crippen MR) is 75.4 cm³/mol. The molecule has 3 nitrogen and oxygen atoms in total. The molecule has 0 radical (unpaired) electrons. The van der Waals surface area contributed by atoms with Crippen molar-refractivity contribution in [3.63, 3.8) is 0 Å². The molecule has 2 aliphatic heterocycles. The maximum Gasteiger partial charge on any atom is 0.156 e. The van der Waals surface area contributed by atoms with Gasteiger partial charge in [-0.2, -0.15) is 0 Å². The van der Waals surface area contributed by atoms with E-state index >= 15 is 0 Å². The van der Waals surface area contributed by atoms with Crippen LogP contribution >= 0.6 is 0 Å². The zero-order valence-electron chi connectivity index (χ0n) is 10.7. The fraction of sp³-hybridized carbons (Fsp3) is 0.467. The number of benzene rings is 1. The lowest BCUT2D eigenvalue weighted by atomic mass is 9.83. The predicted octanol–water partition coefficient (Wildman–Crippen LogP) is 2.17. The third-order valence-electron chi connectivity index (χ3n) is 4.55. The van der Waals surface area contributed by atoms with Crippen molar-refractivity contribution in [2.24, 2.45) is 0 Å². The molecule has 0 spiro atoms. The monoisotopic (exact) mass is 278 g/mol. The summed E-state index contributed by atoms with van der Waals surface area (Å²) in [4.78, 5) is 0. The van der Waals surface area contributed by atoms with Crippen LogP contribution in [-0.2, 0) is 9.84 Å². The molecule has 0 aromatic heterocycles. The molecule has 2 aliphatic rings. The molecule has 2 heterocycles. The van der Waals surface area contributed by atoms with Crippen molar-refractivity contribution in [3.8, 4) is 0 Å². The minimum Gasteiger partial charge on any atom is -0.385 e. The van der Waals surface area contributed by atoms with Crippen LogP contribution in [0.1, 0.15) is 31.2 Å². The lowest BCUT2D eigenvalue weighted by molar-refractivity contribution is 0.0815. The molecule has 1 N–H and O–H groups in total. The zero-order chi connectivity index (χ0) is 13.7. The first-order chi connectivity index (χ1) is 8.93. The van der Waals surface area contributed by atoms with Gasteiger partial charge in [-0.05, 0) is 36.8 Å². The standard InChI is InChI=1S/C15H18O3S/c1-11(12-5-3-2-4-6-12)15(16)9-13-7-8-14(10-15)19(13,17)18/h2-6,13-14,16H,1,7-10H2. The fourth-order valence-electron chi connectivity index (χ4n) is 3.40. The maximum atomic E-state index is 12.1. The van der Waals surface area contributed by atoms with Crippen molar-refractivity contribution in [2.75, 3.05) is 0 Å². The second-order valence-electron chi connectivity index (χ2n) is 5.69. The molecule has 2 atom stereocenters. The quantitative estimate of drug-likeness (QED) is 0.902. The Morgan fingerprint density at radius 3 is 2.21 bits per heavy atom. The molecule has 2 unspecified atom stereocenters. The molecular weight excluding hydrogens is 260 g/mol. The molecule has 0 aliphatic carbocycles. The maximum absolute atomic E-state index is 12.1. The third kappa shape index (κ3) is 1.94. The zero-order valence-corrected chi connectivity index (χ0v) is 11.6. The Morgan fingerprint density at radius 1 is 1.16 bits per heavy atom. The number of aliphatic hydroxyl groups is 1. The molecule has 19 heavy (non-hydrogen) atoms. The van der Waals surface area contributed by atoms with E-state index in [0.717, 1.165) is 5.56 Å². The topological polar surface area (TPSA) is 54.4 Å². The van der Waals surface area contributed by atoms with Crippen molar-refractivity contribution in [1.29, 1.82) is 0 Å². The summed E-state index contributed by atoms with van der Waals surface area (Å²) < 4.78 is 24.2. The number of hydrogen-bond donors (Lipinski definition) is 1. The van der Waals surface area contributed by atoms with Gasteiger partial charge in [0.25, 0.3) is 0 Å². The highest BCUT2D eigenvalue weighted by Crippen LogP contribution is 2.47. The molecular formula is C15H18O3S. The van der Waals surface area contributed by atoms with E-state index < -0.39 is 25.9 Å². The summed E-state index contributed by atoms with van der Waals surface area (Å²) in [5.41, 5.74) is 0.474.